The first kappa shape index (κ1) is 11.9. The van der Waals surface area contributed by atoms with Crippen LogP contribution in [0, 0.1) is 0 Å². The summed E-state index contributed by atoms with van der Waals surface area (Å²) < 4.78 is 1.24. The van der Waals surface area contributed by atoms with Gasteiger partial charge in [0.15, 0.2) is 0 Å². The van der Waals surface area contributed by atoms with E-state index >= 15 is 0 Å². The van der Waals surface area contributed by atoms with Gasteiger partial charge in [-0.05, 0) is 38.6 Å². The third kappa shape index (κ3) is 1.87. The molecule has 1 heterocycles. The highest BCUT2D eigenvalue weighted by Crippen LogP contribution is 2.42. The summed E-state index contributed by atoms with van der Waals surface area (Å²) in [6, 6.07) is 7.01. The number of nitrogens with zero attached hydrogens (tertiary/aromatic N) is 1. The van der Waals surface area contributed by atoms with E-state index in [0.717, 1.165) is 13.1 Å². The van der Waals surface area contributed by atoms with Crippen LogP contribution in [0.25, 0.3) is 0 Å². The molecular weight excluding hydrogens is 264 g/mol. The molecule has 0 spiro atoms. The molecule has 1 aliphatic rings. The van der Waals surface area contributed by atoms with Crippen LogP contribution in [0.2, 0.25) is 0 Å². The van der Waals surface area contributed by atoms with Crippen molar-refractivity contribution in [3.05, 3.63) is 28.2 Å². The number of likely N-dealkylation sites (N-methyl/N-ethyl adjacent to an activating group) is 2. The molecule has 2 unspecified atom stereocenters. The molecule has 0 radical (unpaired) electrons. The third-order valence-electron chi connectivity index (χ3n) is 3.60. The minimum Gasteiger partial charge on any atom is -0.371 e. The predicted molar refractivity (Wildman–Crippen MR) is 73.3 cm³/mol. The van der Waals surface area contributed by atoms with Crippen molar-refractivity contribution in [1.29, 1.82) is 0 Å². The van der Waals surface area contributed by atoms with E-state index in [-0.39, 0.29) is 0 Å². The molecule has 2 rings (SSSR count). The highest BCUT2D eigenvalue weighted by atomic mass is 79.9. The van der Waals surface area contributed by atoms with Crippen molar-refractivity contribution in [2.24, 2.45) is 0 Å². The van der Waals surface area contributed by atoms with Gasteiger partial charge in [0.25, 0.3) is 0 Å². The van der Waals surface area contributed by atoms with Crippen LogP contribution in [0.5, 0.6) is 0 Å². The second kappa shape index (κ2) is 4.76. The van der Waals surface area contributed by atoms with Crippen molar-refractivity contribution in [2.75, 3.05) is 25.0 Å². The van der Waals surface area contributed by atoms with Gasteiger partial charge in [-0.3, -0.25) is 0 Å². The fourth-order valence-electron chi connectivity index (χ4n) is 2.50. The largest absolute Gasteiger partial charge is 0.371 e. The number of benzene rings is 1. The summed E-state index contributed by atoms with van der Waals surface area (Å²) in [5.41, 5.74) is 2.86. The van der Waals surface area contributed by atoms with Gasteiger partial charge in [-0.1, -0.05) is 22.0 Å². The quantitative estimate of drug-likeness (QED) is 0.917. The molecule has 0 bridgehead atoms. The molecule has 2 atom stereocenters. The van der Waals surface area contributed by atoms with Crippen molar-refractivity contribution in [3.63, 3.8) is 0 Å². The summed E-state index contributed by atoms with van der Waals surface area (Å²) in [5.74, 6) is 0.579. The van der Waals surface area contributed by atoms with Gasteiger partial charge >= 0.3 is 0 Å². The van der Waals surface area contributed by atoms with Crippen molar-refractivity contribution in [3.8, 4) is 0 Å². The molecule has 2 nitrogen and oxygen atoms in total. The van der Waals surface area contributed by atoms with Crippen molar-refractivity contribution in [1.82, 2.24) is 5.32 Å². The lowest BCUT2D eigenvalue weighted by molar-refractivity contribution is 0.508. The molecule has 0 saturated carbocycles. The van der Waals surface area contributed by atoms with Gasteiger partial charge in [-0.25, -0.2) is 0 Å². The molecule has 0 aromatic heterocycles. The van der Waals surface area contributed by atoms with Crippen molar-refractivity contribution in [2.45, 2.75) is 25.8 Å². The number of halogens is 1. The van der Waals surface area contributed by atoms with E-state index in [2.05, 4.69) is 58.2 Å². The number of nitrogens with one attached hydrogen (secondary N) is 1. The van der Waals surface area contributed by atoms with E-state index in [1.165, 1.54) is 15.7 Å². The Morgan fingerprint density at radius 2 is 2.31 bits per heavy atom. The molecular formula is C13H19BrN2. The second-order valence-corrected chi connectivity index (χ2v) is 5.25. The molecule has 0 amide bonds. The lowest BCUT2D eigenvalue weighted by Gasteiger charge is -2.21. The Labute approximate surface area is 106 Å². The maximum Gasteiger partial charge on any atom is 0.0414 e. The Hall–Kier alpha value is -0.540. The summed E-state index contributed by atoms with van der Waals surface area (Å²) in [6.45, 7) is 6.68. The van der Waals surface area contributed by atoms with Crippen LogP contribution in [0.4, 0.5) is 5.69 Å². The van der Waals surface area contributed by atoms with Gasteiger partial charge < -0.3 is 10.2 Å². The Balaban J connectivity index is 2.43. The number of anilines is 1. The zero-order chi connectivity index (χ0) is 11.7. The number of hydrogen-bond donors (Lipinski definition) is 1. The fraction of sp³-hybridized carbons (Fsp3) is 0.538. The Bertz CT molecular complexity index is 378. The first-order valence-electron chi connectivity index (χ1n) is 5.89. The summed E-state index contributed by atoms with van der Waals surface area (Å²) in [7, 11) is 2.04. The van der Waals surface area contributed by atoms with Crippen LogP contribution in [0.3, 0.4) is 0 Å². The Morgan fingerprint density at radius 1 is 1.56 bits per heavy atom. The van der Waals surface area contributed by atoms with Gasteiger partial charge in [-0.15, -0.1) is 0 Å². The maximum absolute atomic E-state index is 3.69. The predicted octanol–water partition coefficient (Wildman–Crippen LogP) is 2.98. The fourth-order valence-corrected chi connectivity index (χ4v) is 3.15. The highest BCUT2D eigenvalue weighted by Gasteiger charge is 2.32. The summed E-state index contributed by atoms with van der Waals surface area (Å²) in [5, 5.41) is 3.37. The first-order chi connectivity index (χ1) is 7.69. The highest BCUT2D eigenvalue weighted by molar-refractivity contribution is 9.10. The minimum absolute atomic E-state index is 0.508. The Kier molecular flexibility index (Phi) is 3.55. The topological polar surface area (TPSA) is 15.3 Å². The molecule has 0 saturated heterocycles. The van der Waals surface area contributed by atoms with E-state index in [1.807, 2.05) is 7.05 Å². The standard InChI is InChI=1S/C13H19BrN2/c1-4-16-8-10(9(2)15-3)13-11(14)6-5-7-12(13)16/h5-7,9-10,15H,4,8H2,1-3H3. The first-order valence-corrected chi connectivity index (χ1v) is 6.69. The van der Waals surface area contributed by atoms with Crippen LogP contribution >= 0.6 is 15.9 Å². The van der Waals surface area contributed by atoms with Gasteiger partial charge in [0, 0.05) is 35.2 Å². The SMILES string of the molecule is CCN1CC(C(C)NC)c2c(Br)cccc21. The normalized spacial score (nSPS) is 21.0. The smallest absolute Gasteiger partial charge is 0.0414 e. The number of rotatable bonds is 3. The van der Waals surface area contributed by atoms with E-state index in [0.29, 0.717) is 12.0 Å². The van der Waals surface area contributed by atoms with Crippen molar-refractivity contribution >= 4 is 21.6 Å². The van der Waals surface area contributed by atoms with Crippen LogP contribution < -0.4 is 10.2 Å². The van der Waals surface area contributed by atoms with Crippen LogP contribution in [0.15, 0.2) is 22.7 Å². The van der Waals surface area contributed by atoms with E-state index in [4.69, 9.17) is 0 Å². The van der Waals surface area contributed by atoms with Crippen LogP contribution in [0.1, 0.15) is 25.3 Å². The molecule has 0 fully saturated rings. The van der Waals surface area contributed by atoms with E-state index in [9.17, 15) is 0 Å². The summed E-state index contributed by atoms with van der Waals surface area (Å²) in [6.07, 6.45) is 0. The van der Waals surface area contributed by atoms with Gasteiger partial charge in [0.2, 0.25) is 0 Å². The molecule has 3 heteroatoms. The van der Waals surface area contributed by atoms with Gasteiger partial charge in [0.05, 0.1) is 0 Å². The zero-order valence-electron chi connectivity index (χ0n) is 10.1. The molecule has 16 heavy (non-hydrogen) atoms. The molecule has 88 valence electrons. The van der Waals surface area contributed by atoms with E-state index in [1.54, 1.807) is 0 Å². The number of fused-ring (bicyclic) bond motifs is 1. The third-order valence-corrected chi connectivity index (χ3v) is 4.29. The second-order valence-electron chi connectivity index (χ2n) is 4.40. The van der Waals surface area contributed by atoms with Crippen LogP contribution in [-0.2, 0) is 0 Å². The average Bonchev–Trinajstić information content (AvgIpc) is 2.68. The summed E-state index contributed by atoms with van der Waals surface area (Å²) >= 11 is 3.69. The molecule has 1 aromatic rings. The molecule has 1 aliphatic heterocycles. The lowest BCUT2D eigenvalue weighted by Crippen LogP contribution is -2.32. The minimum atomic E-state index is 0.508. The monoisotopic (exact) mass is 282 g/mol. The molecule has 0 aliphatic carbocycles. The van der Waals surface area contributed by atoms with Gasteiger partial charge in [-0.2, -0.15) is 0 Å². The van der Waals surface area contributed by atoms with Gasteiger partial charge in [0.1, 0.15) is 0 Å². The maximum atomic E-state index is 3.69. The zero-order valence-corrected chi connectivity index (χ0v) is 11.7. The number of hydrogen-bond acceptors (Lipinski definition) is 2. The average molecular weight is 283 g/mol. The summed E-state index contributed by atoms with van der Waals surface area (Å²) in [4.78, 5) is 2.46. The van der Waals surface area contributed by atoms with Crippen LogP contribution in [-0.4, -0.2) is 26.2 Å². The molecule has 1 aromatic carbocycles. The van der Waals surface area contributed by atoms with Crippen molar-refractivity contribution < 1.29 is 0 Å². The lowest BCUT2D eigenvalue weighted by atomic mass is 9.95. The van der Waals surface area contributed by atoms with E-state index < -0.39 is 0 Å². The molecule has 1 N–H and O–H groups in total. The Morgan fingerprint density at radius 3 is 2.94 bits per heavy atom.